The number of aromatic hydroxyl groups is 1. The zero-order valence-electron chi connectivity index (χ0n) is 18.4. The lowest BCUT2D eigenvalue weighted by atomic mass is 10.1. The maximum atomic E-state index is 12.0. The third-order valence-corrected chi connectivity index (χ3v) is 4.52. The average Bonchev–Trinajstić information content (AvgIpc) is 2.70. The number of hydrogen-bond donors (Lipinski definition) is 1. The lowest BCUT2D eigenvalue weighted by Crippen LogP contribution is -2.04. The predicted molar refractivity (Wildman–Crippen MR) is 122 cm³/mol. The van der Waals surface area contributed by atoms with Crippen molar-refractivity contribution in [3.05, 3.63) is 64.1 Å². The summed E-state index contributed by atoms with van der Waals surface area (Å²) in [6, 6.07) is 5.15. The Balaban J connectivity index is 2.11. The van der Waals surface area contributed by atoms with Gasteiger partial charge in [-0.3, -0.25) is 0 Å². The average molecular weight is 413 g/mol. The van der Waals surface area contributed by atoms with Crippen LogP contribution in [-0.2, 0) is 0 Å². The van der Waals surface area contributed by atoms with E-state index in [1.807, 2.05) is 13.0 Å². The fraction of sp³-hybridized carbons (Fsp3) is 0.400. The van der Waals surface area contributed by atoms with Crippen LogP contribution in [0.3, 0.4) is 0 Å². The van der Waals surface area contributed by atoms with Gasteiger partial charge in [0.05, 0.1) is 12.0 Å². The van der Waals surface area contributed by atoms with Crippen molar-refractivity contribution in [1.29, 1.82) is 0 Å². The number of fused-ring (bicyclic) bond motifs is 1. The standard InChI is InChI=1S/C25H32O5/c1-5-6-7-8-15-28-20-12-13-21-22(17-20)30-25(27)23(26)24(21)29-16-14-19(4)11-9-10-18(2)3/h6-7,10,12-14,17,26H,5,8-9,11,15-16H2,1-4H3/b7-6?,19-14+. The van der Waals surface area contributed by atoms with Crippen molar-refractivity contribution in [2.75, 3.05) is 13.2 Å². The van der Waals surface area contributed by atoms with Crippen LogP contribution in [0.5, 0.6) is 17.2 Å². The molecule has 0 fully saturated rings. The number of ether oxygens (including phenoxy) is 2. The lowest BCUT2D eigenvalue weighted by Gasteiger charge is -2.10. The van der Waals surface area contributed by atoms with Crippen LogP contribution in [0, 0.1) is 0 Å². The maximum absolute atomic E-state index is 12.0. The third-order valence-electron chi connectivity index (χ3n) is 4.52. The summed E-state index contributed by atoms with van der Waals surface area (Å²) < 4.78 is 16.7. The van der Waals surface area contributed by atoms with Crippen molar-refractivity contribution in [1.82, 2.24) is 0 Å². The molecule has 0 amide bonds. The van der Waals surface area contributed by atoms with Crippen molar-refractivity contribution >= 4 is 11.0 Å². The smallest absolute Gasteiger partial charge is 0.382 e. The quantitative estimate of drug-likeness (QED) is 0.266. The molecule has 2 aromatic rings. The zero-order valence-corrected chi connectivity index (χ0v) is 18.4. The summed E-state index contributed by atoms with van der Waals surface area (Å²) in [5.74, 6) is 0.214. The van der Waals surface area contributed by atoms with Crippen molar-refractivity contribution in [3.8, 4) is 17.2 Å². The molecule has 0 aliphatic carbocycles. The van der Waals surface area contributed by atoms with Gasteiger partial charge in [-0.15, -0.1) is 0 Å². The van der Waals surface area contributed by atoms with Crippen LogP contribution in [0.15, 0.2) is 62.9 Å². The fourth-order valence-corrected chi connectivity index (χ4v) is 2.87. The minimum absolute atomic E-state index is 0.132. The molecule has 1 aromatic carbocycles. The molecule has 5 heteroatoms. The topological polar surface area (TPSA) is 68.9 Å². The molecule has 30 heavy (non-hydrogen) atoms. The summed E-state index contributed by atoms with van der Waals surface area (Å²) in [5.41, 5.74) is 1.97. The van der Waals surface area contributed by atoms with E-state index >= 15 is 0 Å². The van der Waals surface area contributed by atoms with Gasteiger partial charge in [-0.2, -0.15) is 0 Å². The second-order valence-electron chi connectivity index (χ2n) is 7.42. The first-order chi connectivity index (χ1) is 14.4. The lowest BCUT2D eigenvalue weighted by molar-refractivity contribution is 0.321. The number of rotatable bonds is 11. The summed E-state index contributed by atoms with van der Waals surface area (Å²) >= 11 is 0. The van der Waals surface area contributed by atoms with Crippen LogP contribution in [0.25, 0.3) is 11.0 Å². The van der Waals surface area contributed by atoms with Gasteiger partial charge in [-0.25, -0.2) is 4.79 Å². The first-order valence-corrected chi connectivity index (χ1v) is 10.4. The van der Waals surface area contributed by atoms with E-state index in [0.717, 1.165) is 25.7 Å². The molecule has 1 heterocycles. The highest BCUT2D eigenvalue weighted by Crippen LogP contribution is 2.33. The van der Waals surface area contributed by atoms with E-state index in [0.29, 0.717) is 23.3 Å². The normalized spacial score (nSPS) is 11.8. The Morgan fingerprint density at radius 3 is 2.63 bits per heavy atom. The molecule has 1 N–H and O–H groups in total. The van der Waals surface area contributed by atoms with Crippen molar-refractivity contribution in [2.24, 2.45) is 0 Å². The summed E-state index contributed by atoms with van der Waals surface area (Å²) in [6.07, 6.45) is 12.0. The van der Waals surface area contributed by atoms with Gasteiger partial charge < -0.3 is 19.0 Å². The zero-order chi connectivity index (χ0) is 21.9. The van der Waals surface area contributed by atoms with E-state index in [1.54, 1.807) is 18.2 Å². The summed E-state index contributed by atoms with van der Waals surface area (Å²) in [7, 11) is 0. The minimum Gasteiger partial charge on any atom is -0.499 e. The van der Waals surface area contributed by atoms with Crippen LogP contribution in [-0.4, -0.2) is 18.3 Å². The van der Waals surface area contributed by atoms with Crippen molar-refractivity contribution < 1.29 is 19.0 Å². The van der Waals surface area contributed by atoms with Crippen LogP contribution in [0.2, 0.25) is 0 Å². The highest BCUT2D eigenvalue weighted by atomic mass is 16.5. The molecule has 0 aliphatic heterocycles. The Bertz CT molecular complexity index is 975. The van der Waals surface area contributed by atoms with E-state index in [-0.39, 0.29) is 12.4 Å². The summed E-state index contributed by atoms with van der Waals surface area (Å²) in [4.78, 5) is 12.0. The predicted octanol–water partition coefficient (Wildman–Crippen LogP) is 6.31. The first kappa shape index (κ1) is 23.3. The third kappa shape index (κ3) is 7.14. The number of allylic oxidation sites excluding steroid dienone is 4. The Labute approximate surface area is 178 Å². The van der Waals surface area contributed by atoms with Crippen molar-refractivity contribution in [3.63, 3.8) is 0 Å². The van der Waals surface area contributed by atoms with E-state index in [2.05, 4.69) is 39.0 Å². The van der Waals surface area contributed by atoms with Crippen LogP contribution in [0.1, 0.15) is 53.4 Å². The van der Waals surface area contributed by atoms with Gasteiger partial charge in [0.2, 0.25) is 5.75 Å². The fourth-order valence-electron chi connectivity index (χ4n) is 2.87. The largest absolute Gasteiger partial charge is 0.499 e. The van der Waals surface area contributed by atoms with E-state index in [9.17, 15) is 9.90 Å². The molecule has 0 atom stereocenters. The highest BCUT2D eigenvalue weighted by Gasteiger charge is 2.15. The number of benzene rings is 1. The minimum atomic E-state index is -0.829. The molecule has 0 saturated carbocycles. The van der Waals surface area contributed by atoms with E-state index in [1.165, 1.54) is 11.1 Å². The van der Waals surface area contributed by atoms with Gasteiger partial charge in [0.25, 0.3) is 0 Å². The van der Waals surface area contributed by atoms with Gasteiger partial charge in [0, 0.05) is 6.07 Å². The Kier molecular flexibility index (Phi) is 9.26. The highest BCUT2D eigenvalue weighted by molar-refractivity contribution is 5.86. The molecule has 2 rings (SSSR count). The maximum Gasteiger partial charge on any atom is 0.382 e. The van der Waals surface area contributed by atoms with E-state index in [4.69, 9.17) is 13.9 Å². The molecule has 0 unspecified atom stereocenters. The molecular formula is C25H32O5. The van der Waals surface area contributed by atoms with Gasteiger partial charge in [0.1, 0.15) is 17.9 Å². The SMILES string of the molecule is CCC=CCCOc1ccc2c(OC/C=C(\C)CCC=C(C)C)c(O)c(=O)oc2c1. The second kappa shape index (κ2) is 11.9. The Morgan fingerprint density at radius 1 is 1.10 bits per heavy atom. The molecular weight excluding hydrogens is 380 g/mol. The number of hydrogen-bond acceptors (Lipinski definition) is 5. The molecule has 1 aromatic heterocycles. The summed E-state index contributed by atoms with van der Waals surface area (Å²) in [6.45, 7) is 9.07. The molecule has 0 aliphatic rings. The molecule has 0 bridgehead atoms. The Morgan fingerprint density at radius 2 is 1.90 bits per heavy atom. The monoisotopic (exact) mass is 412 g/mol. The second-order valence-corrected chi connectivity index (χ2v) is 7.42. The molecule has 0 radical (unpaired) electrons. The van der Waals surface area contributed by atoms with Crippen LogP contribution >= 0.6 is 0 Å². The van der Waals surface area contributed by atoms with Gasteiger partial charge >= 0.3 is 5.63 Å². The van der Waals surface area contributed by atoms with Crippen molar-refractivity contribution in [2.45, 2.75) is 53.4 Å². The van der Waals surface area contributed by atoms with Gasteiger partial charge in [0.15, 0.2) is 5.75 Å². The van der Waals surface area contributed by atoms with Crippen LogP contribution in [0.4, 0.5) is 0 Å². The van der Waals surface area contributed by atoms with Crippen LogP contribution < -0.4 is 15.1 Å². The van der Waals surface area contributed by atoms with E-state index < -0.39 is 11.4 Å². The Hall–Kier alpha value is -2.95. The molecule has 0 spiro atoms. The summed E-state index contributed by atoms with van der Waals surface area (Å²) in [5, 5.41) is 10.7. The van der Waals surface area contributed by atoms with Gasteiger partial charge in [-0.1, -0.05) is 36.3 Å². The molecule has 5 nitrogen and oxygen atoms in total. The molecule has 0 saturated heterocycles. The molecule has 162 valence electrons. The van der Waals surface area contributed by atoms with Gasteiger partial charge in [-0.05, 0) is 64.7 Å². The first-order valence-electron chi connectivity index (χ1n) is 10.4.